The Bertz CT molecular complexity index is 2370. The largest absolute Gasteiger partial charge is 0.478 e. The van der Waals surface area contributed by atoms with Crippen LogP contribution in [0.3, 0.4) is 0 Å². The summed E-state index contributed by atoms with van der Waals surface area (Å²) in [5, 5.41) is 15.5. The molecule has 0 radical (unpaired) electrons. The predicted octanol–water partition coefficient (Wildman–Crippen LogP) is 9.98. The van der Waals surface area contributed by atoms with Crippen molar-refractivity contribution in [1.82, 2.24) is 19.2 Å². The third kappa shape index (κ3) is 5.31. The molecule has 0 saturated carbocycles. The molecule has 8 aromatic rings. The molecule has 0 aliphatic rings. The highest BCUT2D eigenvalue weighted by molar-refractivity contribution is 14.1. The van der Waals surface area contributed by atoms with Gasteiger partial charge in [0.2, 0.25) is 0 Å². The highest BCUT2D eigenvalue weighted by Crippen LogP contribution is 2.43. The first-order valence-corrected chi connectivity index (χ1v) is 17.4. The Labute approximate surface area is 303 Å². The first-order chi connectivity index (χ1) is 24.4. The SMILES string of the molecule is Cc1cccc(-c2ccc(-c3nn(C(c4ccccc4)(c4ccccc4)c4ccccc4)cc3-c3ccc4ncc(I)n4c3)cc2)c1C(=O)O. The van der Waals surface area contributed by atoms with Gasteiger partial charge in [-0.25, -0.2) is 9.78 Å². The summed E-state index contributed by atoms with van der Waals surface area (Å²) >= 11 is 2.31. The maximum absolute atomic E-state index is 12.2. The molecule has 0 saturated heterocycles. The van der Waals surface area contributed by atoms with Crippen molar-refractivity contribution in [1.29, 1.82) is 0 Å². The number of halogens is 1. The molecule has 7 heteroatoms. The van der Waals surface area contributed by atoms with Gasteiger partial charge in [0.1, 0.15) is 20.6 Å². The number of imidazole rings is 1. The number of hydrogen-bond acceptors (Lipinski definition) is 3. The number of pyridine rings is 1. The number of rotatable bonds is 8. The molecule has 50 heavy (non-hydrogen) atoms. The van der Waals surface area contributed by atoms with E-state index >= 15 is 0 Å². The minimum Gasteiger partial charge on any atom is -0.478 e. The quantitative estimate of drug-likeness (QED) is 0.124. The molecule has 8 rings (SSSR count). The van der Waals surface area contributed by atoms with Crippen LogP contribution in [0.1, 0.15) is 32.6 Å². The zero-order valence-corrected chi connectivity index (χ0v) is 29.3. The van der Waals surface area contributed by atoms with Crippen LogP contribution in [-0.2, 0) is 5.54 Å². The van der Waals surface area contributed by atoms with Gasteiger partial charge in [0, 0.05) is 29.1 Å². The highest BCUT2D eigenvalue weighted by Gasteiger charge is 2.40. The maximum Gasteiger partial charge on any atom is 0.336 e. The summed E-state index contributed by atoms with van der Waals surface area (Å²) < 4.78 is 5.21. The zero-order chi connectivity index (χ0) is 34.2. The molecular formula is C43H31IN4O2. The zero-order valence-electron chi connectivity index (χ0n) is 27.1. The highest BCUT2D eigenvalue weighted by atomic mass is 127. The fourth-order valence-corrected chi connectivity index (χ4v) is 7.54. The molecule has 0 bridgehead atoms. The molecule has 0 aliphatic heterocycles. The van der Waals surface area contributed by atoms with E-state index in [1.54, 1.807) is 0 Å². The first-order valence-electron chi connectivity index (χ1n) is 16.3. The molecule has 1 N–H and O–H groups in total. The van der Waals surface area contributed by atoms with E-state index in [1.807, 2.05) is 79.9 Å². The second kappa shape index (κ2) is 12.9. The van der Waals surface area contributed by atoms with Crippen LogP contribution in [0.15, 0.2) is 164 Å². The second-order valence-corrected chi connectivity index (χ2v) is 13.4. The predicted molar refractivity (Wildman–Crippen MR) is 206 cm³/mol. The number of aromatic carboxylic acids is 1. The van der Waals surface area contributed by atoms with Gasteiger partial charge in [0.25, 0.3) is 0 Å². The Hall–Kier alpha value is -5.80. The van der Waals surface area contributed by atoms with Gasteiger partial charge in [-0.05, 0) is 75.0 Å². The summed E-state index contributed by atoms with van der Waals surface area (Å²) in [6, 6.07) is 49.3. The van der Waals surface area contributed by atoms with Gasteiger partial charge in [-0.3, -0.25) is 9.08 Å². The number of hydrogen-bond donors (Lipinski definition) is 1. The van der Waals surface area contributed by atoms with Crippen LogP contribution in [0, 0.1) is 10.6 Å². The second-order valence-electron chi connectivity index (χ2n) is 12.3. The average Bonchev–Trinajstić information content (AvgIpc) is 3.77. The van der Waals surface area contributed by atoms with Gasteiger partial charge in [0.05, 0.1) is 11.8 Å². The number of aryl methyl sites for hydroxylation is 1. The molecule has 0 amide bonds. The van der Waals surface area contributed by atoms with Crippen molar-refractivity contribution in [3.8, 4) is 33.5 Å². The van der Waals surface area contributed by atoms with Gasteiger partial charge in [-0.1, -0.05) is 133 Å². The van der Waals surface area contributed by atoms with Crippen molar-refractivity contribution >= 4 is 34.2 Å². The molecule has 0 atom stereocenters. The van der Waals surface area contributed by atoms with E-state index in [-0.39, 0.29) is 0 Å². The van der Waals surface area contributed by atoms with E-state index in [0.717, 1.165) is 59.5 Å². The third-order valence-electron chi connectivity index (χ3n) is 9.36. The van der Waals surface area contributed by atoms with Crippen LogP contribution in [0.4, 0.5) is 0 Å². The first kappa shape index (κ1) is 31.5. The summed E-state index contributed by atoms with van der Waals surface area (Å²) in [6.07, 6.45) is 6.14. The summed E-state index contributed by atoms with van der Waals surface area (Å²) in [7, 11) is 0. The maximum atomic E-state index is 12.2. The number of benzene rings is 5. The van der Waals surface area contributed by atoms with Gasteiger partial charge < -0.3 is 5.11 Å². The van der Waals surface area contributed by atoms with E-state index in [9.17, 15) is 9.90 Å². The van der Waals surface area contributed by atoms with Crippen LogP contribution in [-0.4, -0.2) is 30.2 Å². The summed E-state index contributed by atoms with van der Waals surface area (Å²) in [6.45, 7) is 1.83. The number of carbonyl (C=O) groups is 1. The number of aromatic nitrogens is 4. The number of carboxylic acids is 1. The fraction of sp³-hybridized carbons (Fsp3) is 0.0465. The Morgan fingerprint density at radius 3 is 1.78 bits per heavy atom. The van der Waals surface area contributed by atoms with E-state index in [4.69, 9.17) is 5.10 Å². The molecule has 0 aliphatic carbocycles. The van der Waals surface area contributed by atoms with Crippen molar-refractivity contribution in [2.75, 3.05) is 0 Å². The normalized spacial score (nSPS) is 11.6. The Kier molecular flexibility index (Phi) is 8.12. The topological polar surface area (TPSA) is 72.4 Å². The van der Waals surface area contributed by atoms with Crippen LogP contribution >= 0.6 is 22.6 Å². The molecule has 0 fully saturated rings. The van der Waals surface area contributed by atoms with E-state index in [0.29, 0.717) is 11.1 Å². The number of carboxylic acid groups (broad SMARTS) is 1. The standard InChI is InChI=1S/C43H31IN4O2/c1-29-12-11-19-36(40(29)42(49)50)30-20-22-31(23-21-30)41-37(32-24-25-39-45-26-38(44)47(39)27-32)28-48(46-41)43(33-13-5-2-6-14-33,34-15-7-3-8-16-34)35-17-9-4-10-18-35/h2-28H,1H3,(H,49,50). The van der Waals surface area contributed by atoms with Crippen LogP contribution in [0.2, 0.25) is 0 Å². The lowest BCUT2D eigenvalue weighted by Gasteiger charge is -2.36. The minimum absolute atomic E-state index is 0.312. The van der Waals surface area contributed by atoms with Crippen molar-refractivity contribution in [3.05, 3.63) is 196 Å². The molecule has 242 valence electrons. The lowest BCUT2D eigenvalue weighted by Crippen LogP contribution is -2.38. The minimum atomic E-state index is -0.938. The van der Waals surface area contributed by atoms with Crippen LogP contribution in [0.5, 0.6) is 0 Å². The van der Waals surface area contributed by atoms with Crippen LogP contribution in [0.25, 0.3) is 39.2 Å². The molecule has 6 nitrogen and oxygen atoms in total. The van der Waals surface area contributed by atoms with E-state index < -0.39 is 11.5 Å². The lowest BCUT2D eigenvalue weighted by molar-refractivity contribution is 0.0697. The number of nitrogens with zero attached hydrogens (tertiary/aromatic N) is 4. The number of fused-ring (bicyclic) bond motifs is 1. The Morgan fingerprint density at radius 2 is 1.20 bits per heavy atom. The van der Waals surface area contributed by atoms with Crippen molar-refractivity contribution in [2.45, 2.75) is 12.5 Å². The van der Waals surface area contributed by atoms with Crippen molar-refractivity contribution < 1.29 is 9.90 Å². The van der Waals surface area contributed by atoms with Crippen LogP contribution < -0.4 is 0 Å². The third-order valence-corrected chi connectivity index (χ3v) is 10.2. The Balaban J connectivity index is 1.40. The lowest BCUT2D eigenvalue weighted by atomic mass is 9.77. The van der Waals surface area contributed by atoms with Crippen molar-refractivity contribution in [2.24, 2.45) is 0 Å². The fourth-order valence-electron chi connectivity index (χ4n) is 7.02. The van der Waals surface area contributed by atoms with Crippen molar-refractivity contribution in [3.63, 3.8) is 0 Å². The Morgan fingerprint density at radius 1 is 0.640 bits per heavy atom. The summed E-state index contributed by atoms with van der Waals surface area (Å²) in [5.74, 6) is -0.938. The van der Waals surface area contributed by atoms with E-state index in [1.165, 1.54) is 0 Å². The summed E-state index contributed by atoms with van der Waals surface area (Å²) in [4.78, 5) is 16.8. The molecule has 0 spiro atoms. The molecule has 0 unspecified atom stereocenters. The van der Waals surface area contributed by atoms with Gasteiger partial charge in [-0.15, -0.1) is 0 Å². The smallest absolute Gasteiger partial charge is 0.336 e. The molecule has 5 aromatic carbocycles. The molecule has 3 aromatic heterocycles. The molecule has 3 heterocycles. The average molecular weight is 763 g/mol. The van der Waals surface area contributed by atoms with Gasteiger partial charge >= 0.3 is 5.97 Å². The monoisotopic (exact) mass is 762 g/mol. The summed E-state index contributed by atoms with van der Waals surface area (Å²) in [5.41, 5.74) is 9.52. The van der Waals surface area contributed by atoms with E-state index in [2.05, 4.69) is 128 Å². The van der Waals surface area contributed by atoms with Gasteiger partial charge in [-0.2, -0.15) is 5.10 Å². The molecular weight excluding hydrogens is 731 g/mol. The van der Waals surface area contributed by atoms with Gasteiger partial charge in [0.15, 0.2) is 0 Å².